The van der Waals surface area contributed by atoms with E-state index in [1.807, 2.05) is 6.92 Å². The second kappa shape index (κ2) is 4.90. The molecule has 1 aromatic rings. The average Bonchev–Trinajstić information content (AvgIpc) is 2.97. The predicted molar refractivity (Wildman–Crippen MR) is 75.3 cm³/mol. The molecule has 0 aromatic heterocycles. The van der Waals surface area contributed by atoms with Gasteiger partial charge in [0.2, 0.25) is 0 Å². The normalized spacial score (nSPS) is 28.0. The van der Waals surface area contributed by atoms with Crippen molar-refractivity contribution >= 4 is 10.1 Å². The molecule has 0 heterocycles. The van der Waals surface area contributed by atoms with Gasteiger partial charge in [-0.3, -0.25) is 4.55 Å². The summed E-state index contributed by atoms with van der Waals surface area (Å²) in [6.45, 7) is 2.36. The first-order valence-corrected chi connectivity index (χ1v) is 8.27. The molecule has 0 spiro atoms. The van der Waals surface area contributed by atoms with Crippen LogP contribution in [-0.2, 0) is 10.1 Å². The molecule has 1 N–H and O–H groups in total. The molecule has 0 amide bonds. The molecule has 2 bridgehead atoms. The van der Waals surface area contributed by atoms with Crippen molar-refractivity contribution in [3.05, 3.63) is 35.9 Å². The van der Waals surface area contributed by atoms with Gasteiger partial charge in [-0.2, -0.15) is 8.42 Å². The minimum Gasteiger partial charge on any atom is -0.492 e. The number of allylic oxidation sites excluding steroid dienone is 2. The third-order valence-corrected chi connectivity index (χ3v) is 5.14. The fourth-order valence-corrected chi connectivity index (χ4v) is 3.84. The molecule has 1 saturated carbocycles. The van der Waals surface area contributed by atoms with Crippen molar-refractivity contribution in [3.63, 3.8) is 0 Å². The van der Waals surface area contributed by atoms with Crippen LogP contribution in [0.4, 0.5) is 0 Å². The van der Waals surface area contributed by atoms with Gasteiger partial charge >= 0.3 is 0 Å². The van der Waals surface area contributed by atoms with E-state index < -0.39 is 10.1 Å². The molecule has 20 heavy (non-hydrogen) atoms. The Hall–Kier alpha value is -1.33. The second-order valence-electron chi connectivity index (χ2n) is 5.78. The van der Waals surface area contributed by atoms with Crippen molar-refractivity contribution in [2.75, 3.05) is 6.61 Å². The van der Waals surface area contributed by atoms with E-state index in [0.29, 0.717) is 24.4 Å². The fraction of sp³-hybridized carbons (Fsp3) is 0.467. The highest BCUT2D eigenvalue weighted by Gasteiger charge is 2.36. The van der Waals surface area contributed by atoms with Gasteiger partial charge in [-0.25, -0.2) is 0 Å². The molecule has 1 aromatic carbocycles. The summed E-state index contributed by atoms with van der Waals surface area (Å²) in [5.74, 6) is 1.91. The maximum Gasteiger partial charge on any atom is 0.298 e. The van der Waals surface area contributed by atoms with E-state index in [2.05, 4.69) is 12.2 Å². The zero-order valence-corrected chi connectivity index (χ0v) is 12.1. The van der Waals surface area contributed by atoms with Gasteiger partial charge in [0, 0.05) is 0 Å². The van der Waals surface area contributed by atoms with Gasteiger partial charge in [-0.1, -0.05) is 18.2 Å². The molecule has 1 fully saturated rings. The quantitative estimate of drug-likeness (QED) is 0.685. The van der Waals surface area contributed by atoms with Gasteiger partial charge in [-0.05, 0) is 55.2 Å². The Morgan fingerprint density at radius 1 is 1.30 bits per heavy atom. The van der Waals surface area contributed by atoms with Gasteiger partial charge in [0.25, 0.3) is 10.1 Å². The molecule has 0 aliphatic heterocycles. The highest BCUT2D eigenvalue weighted by molar-refractivity contribution is 7.86. The molecule has 2 aliphatic carbocycles. The third kappa shape index (κ3) is 2.60. The summed E-state index contributed by atoms with van der Waals surface area (Å²) in [5.41, 5.74) is 0.903. The van der Waals surface area contributed by atoms with Crippen LogP contribution in [0.3, 0.4) is 0 Å². The Kier molecular flexibility index (Phi) is 3.34. The van der Waals surface area contributed by atoms with Crippen molar-refractivity contribution in [2.24, 2.45) is 17.8 Å². The van der Waals surface area contributed by atoms with E-state index in [1.54, 1.807) is 12.1 Å². The number of aryl methyl sites for hydroxylation is 1. The average molecular weight is 294 g/mol. The van der Waals surface area contributed by atoms with Crippen LogP contribution in [0.2, 0.25) is 0 Å². The van der Waals surface area contributed by atoms with Crippen molar-refractivity contribution in [1.82, 2.24) is 0 Å². The van der Waals surface area contributed by atoms with Crippen molar-refractivity contribution in [3.8, 4) is 5.75 Å². The summed E-state index contributed by atoms with van der Waals surface area (Å²) in [7, 11) is -4.25. The lowest BCUT2D eigenvalue weighted by Crippen LogP contribution is -2.17. The first-order chi connectivity index (χ1) is 9.43. The van der Waals surface area contributed by atoms with Crippen LogP contribution in [0.1, 0.15) is 18.4 Å². The summed E-state index contributed by atoms with van der Waals surface area (Å²) >= 11 is 0. The summed E-state index contributed by atoms with van der Waals surface area (Å²) in [6, 6.07) is 4.70. The largest absolute Gasteiger partial charge is 0.492 e. The molecule has 108 valence electrons. The SMILES string of the molecule is Cc1ccc(S(=O)(=O)O)c(OCC2CC3C=CC2C3)c1. The first-order valence-electron chi connectivity index (χ1n) is 6.83. The molecular weight excluding hydrogens is 276 g/mol. The lowest BCUT2D eigenvalue weighted by molar-refractivity contribution is 0.222. The smallest absolute Gasteiger partial charge is 0.298 e. The van der Waals surface area contributed by atoms with E-state index in [9.17, 15) is 13.0 Å². The maximum absolute atomic E-state index is 11.4. The van der Waals surface area contributed by atoms with Crippen molar-refractivity contribution in [1.29, 1.82) is 0 Å². The van der Waals surface area contributed by atoms with E-state index in [4.69, 9.17) is 4.74 Å². The van der Waals surface area contributed by atoms with E-state index in [0.717, 1.165) is 12.0 Å². The topological polar surface area (TPSA) is 63.6 Å². The number of fused-ring (bicyclic) bond motifs is 2. The van der Waals surface area contributed by atoms with Gasteiger partial charge in [0.15, 0.2) is 0 Å². The van der Waals surface area contributed by atoms with Crippen LogP contribution in [0.5, 0.6) is 5.75 Å². The number of hydrogen-bond donors (Lipinski definition) is 1. The van der Waals surface area contributed by atoms with Crippen molar-refractivity contribution in [2.45, 2.75) is 24.7 Å². The number of benzene rings is 1. The molecule has 4 nitrogen and oxygen atoms in total. The first kappa shape index (κ1) is 13.6. The highest BCUT2D eigenvalue weighted by Crippen LogP contribution is 2.43. The molecular formula is C15H18O4S. The van der Waals surface area contributed by atoms with Crippen LogP contribution in [0.15, 0.2) is 35.2 Å². The Labute approximate surface area is 119 Å². The maximum atomic E-state index is 11.4. The number of hydrogen-bond acceptors (Lipinski definition) is 3. The summed E-state index contributed by atoms with van der Waals surface area (Å²) in [6.07, 6.45) is 6.79. The Bertz CT molecular complexity index is 648. The fourth-order valence-electron chi connectivity index (χ4n) is 3.22. The van der Waals surface area contributed by atoms with E-state index in [-0.39, 0.29) is 10.6 Å². The molecule has 3 rings (SSSR count). The standard InChI is InChI=1S/C15H18O4S/c1-10-2-5-15(20(16,17)18)14(6-10)19-9-13-8-11-3-4-12(13)7-11/h2-6,11-13H,7-9H2,1H3,(H,16,17,18). The van der Waals surface area contributed by atoms with Crippen molar-refractivity contribution < 1.29 is 17.7 Å². The van der Waals surface area contributed by atoms with E-state index >= 15 is 0 Å². The van der Waals surface area contributed by atoms with Gasteiger partial charge in [-0.15, -0.1) is 0 Å². The Morgan fingerprint density at radius 3 is 2.70 bits per heavy atom. The third-order valence-electron chi connectivity index (χ3n) is 4.25. The summed E-state index contributed by atoms with van der Waals surface area (Å²) in [4.78, 5) is -0.151. The molecule has 5 heteroatoms. The van der Waals surface area contributed by atoms with Gasteiger partial charge in [0.1, 0.15) is 10.6 Å². The van der Waals surface area contributed by atoms with Crippen LogP contribution in [0.25, 0.3) is 0 Å². The summed E-state index contributed by atoms with van der Waals surface area (Å²) in [5, 5.41) is 0. The van der Waals surface area contributed by atoms with Crippen LogP contribution in [-0.4, -0.2) is 19.6 Å². The predicted octanol–water partition coefficient (Wildman–Crippen LogP) is 2.83. The second-order valence-corrected chi connectivity index (χ2v) is 7.17. The zero-order valence-electron chi connectivity index (χ0n) is 11.3. The minimum atomic E-state index is -4.25. The lowest BCUT2D eigenvalue weighted by Gasteiger charge is -2.19. The molecule has 2 aliphatic rings. The van der Waals surface area contributed by atoms with E-state index in [1.165, 1.54) is 12.5 Å². The van der Waals surface area contributed by atoms with Crippen LogP contribution >= 0.6 is 0 Å². The number of ether oxygens (including phenoxy) is 1. The minimum absolute atomic E-state index is 0.151. The van der Waals surface area contributed by atoms with Gasteiger partial charge < -0.3 is 4.74 Å². The summed E-state index contributed by atoms with van der Waals surface area (Å²) < 4.78 is 37.7. The molecule has 0 saturated heterocycles. The zero-order chi connectivity index (χ0) is 14.3. The van der Waals surface area contributed by atoms with Crippen LogP contribution in [0, 0.1) is 24.7 Å². The Morgan fingerprint density at radius 2 is 2.10 bits per heavy atom. The lowest BCUT2D eigenvalue weighted by atomic mass is 9.95. The van der Waals surface area contributed by atoms with Gasteiger partial charge in [0.05, 0.1) is 6.61 Å². The number of rotatable bonds is 4. The monoisotopic (exact) mass is 294 g/mol. The Balaban J connectivity index is 1.77. The molecule has 3 unspecified atom stereocenters. The highest BCUT2D eigenvalue weighted by atomic mass is 32.2. The van der Waals surface area contributed by atoms with Crippen LogP contribution < -0.4 is 4.74 Å². The molecule has 0 radical (unpaired) electrons. The molecule has 3 atom stereocenters.